The van der Waals surface area contributed by atoms with Crippen molar-refractivity contribution >= 4 is 5.97 Å². The smallest absolute Gasteiger partial charge is 0.314 e. The van der Waals surface area contributed by atoms with Gasteiger partial charge in [-0.05, 0) is 18.9 Å². The maximum Gasteiger partial charge on any atom is 0.314 e. The predicted molar refractivity (Wildman–Crippen MR) is 62.3 cm³/mol. The maximum absolute atomic E-state index is 11.3. The average Bonchev–Trinajstić information content (AvgIpc) is 3.12. The molecule has 2 N–H and O–H groups in total. The van der Waals surface area contributed by atoms with E-state index in [9.17, 15) is 15.0 Å². The van der Waals surface area contributed by atoms with Crippen LogP contribution in [0.3, 0.4) is 0 Å². The standard InChI is InChI=1S/C13H14O5/c14-9-7-11-10(17-4-1-5-18-11)6-8(9)13(2-3-13)12(15)16/h6-7,14H,1-5H2,(H,15,16). The molecule has 18 heavy (non-hydrogen) atoms. The number of hydrogen-bond acceptors (Lipinski definition) is 4. The number of fused-ring (bicyclic) bond motifs is 1. The Kier molecular flexibility index (Phi) is 2.36. The molecule has 0 saturated heterocycles. The molecule has 96 valence electrons. The molecule has 0 radical (unpaired) electrons. The summed E-state index contributed by atoms with van der Waals surface area (Å²) in [6.07, 6.45) is 1.87. The molecule has 1 aromatic carbocycles. The number of carboxylic acids is 1. The first-order valence-electron chi connectivity index (χ1n) is 6.00. The van der Waals surface area contributed by atoms with Gasteiger partial charge in [0.15, 0.2) is 11.5 Å². The fourth-order valence-electron chi connectivity index (χ4n) is 2.30. The molecule has 0 spiro atoms. The van der Waals surface area contributed by atoms with Gasteiger partial charge < -0.3 is 19.7 Å². The van der Waals surface area contributed by atoms with Crippen LogP contribution in [0.15, 0.2) is 12.1 Å². The van der Waals surface area contributed by atoms with E-state index in [1.54, 1.807) is 6.07 Å². The summed E-state index contributed by atoms with van der Waals surface area (Å²) >= 11 is 0. The Morgan fingerprint density at radius 2 is 1.78 bits per heavy atom. The van der Waals surface area contributed by atoms with Crippen LogP contribution in [0.4, 0.5) is 0 Å². The highest BCUT2D eigenvalue weighted by Gasteiger charge is 2.53. The van der Waals surface area contributed by atoms with Gasteiger partial charge in [-0.2, -0.15) is 0 Å². The summed E-state index contributed by atoms with van der Waals surface area (Å²) in [7, 11) is 0. The van der Waals surface area contributed by atoms with Crippen LogP contribution in [-0.2, 0) is 10.2 Å². The Labute approximate surface area is 104 Å². The van der Waals surface area contributed by atoms with Crippen LogP contribution in [0, 0.1) is 0 Å². The van der Waals surface area contributed by atoms with Crippen molar-refractivity contribution in [2.75, 3.05) is 13.2 Å². The van der Waals surface area contributed by atoms with Crippen LogP contribution in [0.1, 0.15) is 24.8 Å². The third-order valence-corrected chi connectivity index (χ3v) is 3.54. The summed E-state index contributed by atoms with van der Waals surface area (Å²) in [4.78, 5) is 11.3. The van der Waals surface area contributed by atoms with Gasteiger partial charge in [-0.3, -0.25) is 4.79 Å². The van der Waals surface area contributed by atoms with E-state index >= 15 is 0 Å². The Morgan fingerprint density at radius 3 is 2.33 bits per heavy atom. The molecule has 1 aromatic rings. The van der Waals surface area contributed by atoms with Crippen molar-refractivity contribution in [3.63, 3.8) is 0 Å². The molecule has 3 rings (SSSR count). The van der Waals surface area contributed by atoms with Crippen LogP contribution in [-0.4, -0.2) is 29.4 Å². The first-order chi connectivity index (χ1) is 8.63. The number of phenolic OH excluding ortho intramolecular Hbond substituents is 1. The minimum Gasteiger partial charge on any atom is -0.507 e. The number of ether oxygens (including phenoxy) is 2. The third-order valence-electron chi connectivity index (χ3n) is 3.54. The van der Waals surface area contributed by atoms with Gasteiger partial charge in [0.2, 0.25) is 0 Å². The molecule has 0 unspecified atom stereocenters. The van der Waals surface area contributed by atoms with Gasteiger partial charge in [-0.25, -0.2) is 0 Å². The molecule has 1 fully saturated rings. The van der Waals surface area contributed by atoms with Crippen LogP contribution in [0.2, 0.25) is 0 Å². The topological polar surface area (TPSA) is 76.0 Å². The summed E-state index contributed by atoms with van der Waals surface area (Å²) in [5.41, 5.74) is -0.506. The highest BCUT2D eigenvalue weighted by molar-refractivity contribution is 5.86. The van der Waals surface area contributed by atoms with Crippen LogP contribution < -0.4 is 9.47 Å². The second-order valence-electron chi connectivity index (χ2n) is 4.75. The zero-order valence-electron chi connectivity index (χ0n) is 9.81. The lowest BCUT2D eigenvalue weighted by molar-refractivity contribution is -0.140. The van der Waals surface area contributed by atoms with E-state index in [2.05, 4.69) is 0 Å². The number of aliphatic carboxylic acids is 1. The highest BCUT2D eigenvalue weighted by atomic mass is 16.5. The van der Waals surface area contributed by atoms with Crippen molar-refractivity contribution in [1.82, 2.24) is 0 Å². The van der Waals surface area contributed by atoms with Crippen LogP contribution in [0.5, 0.6) is 17.2 Å². The minimum absolute atomic E-state index is 0.0286. The maximum atomic E-state index is 11.3. The molecule has 0 aromatic heterocycles. The number of carboxylic acid groups (broad SMARTS) is 1. The third kappa shape index (κ3) is 1.58. The van der Waals surface area contributed by atoms with Crippen molar-refractivity contribution < 1.29 is 24.5 Å². The van der Waals surface area contributed by atoms with E-state index in [4.69, 9.17) is 9.47 Å². The van der Waals surface area contributed by atoms with Crippen LogP contribution in [0.25, 0.3) is 0 Å². The van der Waals surface area contributed by atoms with Gasteiger partial charge in [0, 0.05) is 18.1 Å². The Hall–Kier alpha value is -1.91. The highest BCUT2D eigenvalue weighted by Crippen LogP contribution is 2.53. The van der Waals surface area contributed by atoms with Crippen molar-refractivity contribution in [2.45, 2.75) is 24.7 Å². The molecule has 1 aliphatic carbocycles. The van der Waals surface area contributed by atoms with Gasteiger partial charge >= 0.3 is 5.97 Å². The summed E-state index contributed by atoms with van der Waals surface area (Å²) in [6.45, 7) is 1.08. The molecule has 5 heteroatoms. The number of aromatic hydroxyl groups is 1. The monoisotopic (exact) mass is 250 g/mol. The second-order valence-corrected chi connectivity index (χ2v) is 4.75. The minimum atomic E-state index is -0.936. The zero-order valence-corrected chi connectivity index (χ0v) is 9.81. The van der Waals surface area contributed by atoms with E-state index in [0.29, 0.717) is 43.1 Å². The molecule has 1 saturated carbocycles. The van der Waals surface area contributed by atoms with Crippen molar-refractivity contribution in [3.8, 4) is 17.2 Å². The summed E-state index contributed by atoms with van der Waals surface area (Å²) < 4.78 is 11.0. The van der Waals surface area contributed by atoms with Gasteiger partial charge in [-0.1, -0.05) is 0 Å². The molecule has 2 aliphatic rings. The van der Waals surface area contributed by atoms with Gasteiger partial charge in [0.1, 0.15) is 5.75 Å². The summed E-state index contributed by atoms with van der Waals surface area (Å²) in [5, 5.41) is 19.2. The number of rotatable bonds is 2. The molecule has 1 aliphatic heterocycles. The molecular formula is C13H14O5. The lowest BCUT2D eigenvalue weighted by atomic mass is 9.94. The largest absolute Gasteiger partial charge is 0.507 e. The quantitative estimate of drug-likeness (QED) is 0.835. The molecule has 1 heterocycles. The molecular weight excluding hydrogens is 236 g/mol. The fraction of sp³-hybridized carbons (Fsp3) is 0.462. The molecule has 0 atom stereocenters. The lowest BCUT2D eigenvalue weighted by Crippen LogP contribution is -2.19. The van der Waals surface area contributed by atoms with E-state index in [0.717, 1.165) is 6.42 Å². The van der Waals surface area contributed by atoms with Crippen molar-refractivity contribution in [3.05, 3.63) is 17.7 Å². The predicted octanol–water partition coefficient (Wildman–Crippen LogP) is 1.67. The van der Waals surface area contributed by atoms with E-state index in [1.165, 1.54) is 6.07 Å². The molecule has 0 bridgehead atoms. The molecule has 5 nitrogen and oxygen atoms in total. The number of benzene rings is 1. The second kappa shape index (κ2) is 3.80. The summed E-state index contributed by atoms with van der Waals surface area (Å²) in [6, 6.07) is 3.07. The normalized spacial score (nSPS) is 20.0. The van der Waals surface area contributed by atoms with Crippen LogP contribution >= 0.6 is 0 Å². The summed E-state index contributed by atoms with van der Waals surface area (Å²) in [5.74, 6) is 0.0780. The average molecular weight is 250 g/mol. The van der Waals surface area contributed by atoms with E-state index < -0.39 is 11.4 Å². The fourth-order valence-corrected chi connectivity index (χ4v) is 2.30. The Morgan fingerprint density at radius 1 is 1.17 bits per heavy atom. The number of carbonyl (C=O) groups is 1. The van der Waals surface area contributed by atoms with Gasteiger partial charge in [0.05, 0.1) is 18.6 Å². The van der Waals surface area contributed by atoms with E-state index in [-0.39, 0.29) is 5.75 Å². The van der Waals surface area contributed by atoms with Gasteiger partial charge in [-0.15, -0.1) is 0 Å². The SMILES string of the molecule is O=C(O)C1(c2cc3c(cc2O)OCCCO3)CC1. The zero-order chi connectivity index (χ0) is 12.8. The Bertz CT molecular complexity index is 504. The van der Waals surface area contributed by atoms with Crippen molar-refractivity contribution in [1.29, 1.82) is 0 Å². The first kappa shape index (κ1) is 11.2. The number of phenols is 1. The molecule has 0 amide bonds. The number of hydrogen-bond donors (Lipinski definition) is 2. The lowest BCUT2D eigenvalue weighted by Gasteiger charge is -2.15. The van der Waals surface area contributed by atoms with Crippen molar-refractivity contribution in [2.24, 2.45) is 0 Å². The van der Waals surface area contributed by atoms with Gasteiger partial charge in [0.25, 0.3) is 0 Å². The Balaban J connectivity index is 2.06. The van der Waals surface area contributed by atoms with E-state index in [1.807, 2.05) is 0 Å². The first-order valence-corrected chi connectivity index (χ1v) is 6.00.